The van der Waals surface area contributed by atoms with Crippen molar-refractivity contribution in [2.75, 3.05) is 14.2 Å². The zero-order valence-electron chi connectivity index (χ0n) is 11.7. The maximum Gasteiger partial charge on any atom is 0.314 e. The minimum Gasteiger partial charge on any atom is -0.469 e. The van der Waals surface area contributed by atoms with E-state index in [9.17, 15) is 9.59 Å². The molecule has 0 fully saturated rings. The van der Waals surface area contributed by atoms with E-state index >= 15 is 0 Å². The van der Waals surface area contributed by atoms with Crippen LogP contribution in [0.15, 0.2) is 24.3 Å². The molecule has 0 amide bonds. The van der Waals surface area contributed by atoms with Gasteiger partial charge in [-0.1, -0.05) is 12.1 Å². The maximum absolute atomic E-state index is 11.9. The minimum absolute atomic E-state index is 0.283. The first kappa shape index (κ1) is 13.5. The molecule has 0 aliphatic heterocycles. The van der Waals surface area contributed by atoms with Gasteiger partial charge >= 0.3 is 11.9 Å². The van der Waals surface area contributed by atoms with E-state index in [1.54, 1.807) is 0 Å². The lowest BCUT2D eigenvalue weighted by Crippen LogP contribution is -2.15. The second-order valence-corrected chi connectivity index (χ2v) is 4.87. The lowest BCUT2D eigenvalue weighted by atomic mass is 10.0. The van der Waals surface area contributed by atoms with Gasteiger partial charge in [0.2, 0.25) is 0 Å². The first-order valence-corrected chi connectivity index (χ1v) is 6.58. The topological polar surface area (TPSA) is 78.4 Å². The fraction of sp³-hybridized carbons (Fsp3) is 0.333. The molecule has 0 N–H and O–H groups in total. The van der Waals surface area contributed by atoms with E-state index in [1.807, 2.05) is 24.3 Å². The summed E-state index contributed by atoms with van der Waals surface area (Å²) in [5.41, 5.74) is 2.40. The van der Waals surface area contributed by atoms with E-state index in [0.717, 1.165) is 0 Å². The Labute approximate surface area is 121 Å². The van der Waals surface area contributed by atoms with Crippen LogP contribution in [0, 0.1) is 0 Å². The van der Waals surface area contributed by atoms with E-state index in [4.69, 9.17) is 9.47 Å². The summed E-state index contributed by atoms with van der Waals surface area (Å²) >= 11 is 0. The summed E-state index contributed by atoms with van der Waals surface area (Å²) in [5.74, 6) is -1.98. The highest BCUT2D eigenvalue weighted by molar-refractivity contribution is 5.87. The van der Waals surface area contributed by atoms with E-state index < -0.39 is 23.8 Å². The van der Waals surface area contributed by atoms with Crippen LogP contribution < -0.4 is 0 Å². The number of hydrogen-bond donors (Lipinski definition) is 0. The molecular weight excluding hydrogens is 272 g/mol. The van der Waals surface area contributed by atoms with Crippen molar-refractivity contribution in [3.05, 3.63) is 35.7 Å². The third-order valence-corrected chi connectivity index (χ3v) is 3.73. The molecule has 0 unspecified atom stereocenters. The monoisotopic (exact) mass is 286 g/mol. The highest BCUT2D eigenvalue weighted by Crippen LogP contribution is 2.41. The fourth-order valence-electron chi connectivity index (χ4n) is 2.70. The summed E-state index contributed by atoms with van der Waals surface area (Å²) in [6.07, 6.45) is 0.283. The number of carbonyl (C=O) groups excluding carboxylic acids is 2. The van der Waals surface area contributed by atoms with Crippen molar-refractivity contribution in [2.45, 2.75) is 18.3 Å². The van der Waals surface area contributed by atoms with Gasteiger partial charge in [0.1, 0.15) is 11.8 Å². The summed E-state index contributed by atoms with van der Waals surface area (Å²) in [5, 5.41) is 0. The first-order valence-electron chi connectivity index (χ1n) is 6.58. The van der Waals surface area contributed by atoms with Gasteiger partial charge < -0.3 is 9.47 Å². The van der Waals surface area contributed by atoms with Crippen LogP contribution in [-0.2, 0) is 19.1 Å². The van der Waals surface area contributed by atoms with E-state index in [2.05, 4.69) is 9.97 Å². The van der Waals surface area contributed by atoms with E-state index in [-0.39, 0.29) is 6.42 Å². The second-order valence-electron chi connectivity index (χ2n) is 4.87. The van der Waals surface area contributed by atoms with Gasteiger partial charge in [-0.25, -0.2) is 9.97 Å². The Morgan fingerprint density at radius 1 is 0.952 bits per heavy atom. The van der Waals surface area contributed by atoms with Gasteiger partial charge in [0, 0.05) is 0 Å². The van der Waals surface area contributed by atoms with Gasteiger partial charge in [0.05, 0.1) is 36.6 Å². The summed E-state index contributed by atoms with van der Waals surface area (Å²) in [7, 11) is 2.64. The largest absolute Gasteiger partial charge is 0.469 e. The minimum atomic E-state index is -0.578. The molecule has 0 bridgehead atoms. The van der Waals surface area contributed by atoms with Crippen LogP contribution in [0.25, 0.3) is 11.0 Å². The Kier molecular flexibility index (Phi) is 3.29. The Morgan fingerprint density at radius 2 is 1.38 bits per heavy atom. The molecule has 0 saturated heterocycles. The fourth-order valence-corrected chi connectivity index (χ4v) is 2.70. The molecule has 21 heavy (non-hydrogen) atoms. The molecule has 1 aromatic heterocycles. The van der Waals surface area contributed by atoms with Crippen molar-refractivity contribution in [3.63, 3.8) is 0 Å². The number of hydrogen-bond acceptors (Lipinski definition) is 6. The number of nitrogens with zero attached hydrogens (tertiary/aromatic N) is 2. The van der Waals surface area contributed by atoms with Crippen molar-refractivity contribution >= 4 is 23.0 Å². The van der Waals surface area contributed by atoms with Crippen molar-refractivity contribution in [3.8, 4) is 0 Å². The summed E-state index contributed by atoms with van der Waals surface area (Å²) in [4.78, 5) is 32.9. The lowest BCUT2D eigenvalue weighted by Gasteiger charge is -2.08. The van der Waals surface area contributed by atoms with Gasteiger partial charge in [0.15, 0.2) is 0 Å². The van der Waals surface area contributed by atoms with Crippen molar-refractivity contribution < 1.29 is 19.1 Å². The standard InChI is InChI=1S/C15H14N2O4/c1-20-14(18)8-7-9(15(19)21-2)13-12(8)16-10-5-3-4-6-11(10)17-13/h3-6,8-9H,7H2,1-2H3/t8-,9-/m1/s1. The molecule has 3 rings (SSSR count). The van der Waals surface area contributed by atoms with Gasteiger partial charge in [-0.2, -0.15) is 0 Å². The van der Waals surface area contributed by atoms with Crippen LogP contribution in [0.1, 0.15) is 29.6 Å². The van der Waals surface area contributed by atoms with E-state index in [1.165, 1.54) is 14.2 Å². The summed E-state index contributed by atoms with van der Waals surface area (Å²) in [6, 6.07) is 7.34. The normalized spacial score (nSPS) is 20.1. The average Bonchev–Trinajstić information content (AvgIpc) is 2.89. The average molecular weight is 286 g/mol. The third-order valence-electron chi connectivity index (χ3n) is 3.73. The molecule has 1 aliphatic carbocycles. The van der Waals surface area contributed by atoms with Crippen LogP contribution >= 0.6 is 0 Å². The molecule has 2 aromatic rings. The zero-order chi connectivity index (χ0) is 15.0. The Bertz CT molecular complexity index is 668. The molecule has 2 atom stereocenters. The number of ether oxygens (including phenoxy) is 2. The van der Waals surface area contributed by atoms with Gasteiger partial charge in [-0.15, -0.1) is 0 Å². The number of rotatable bonds is 2. The Balaban J connectivity index is 2.18. The molecule has 1 heterocycles. The van der Waals surface area contributed by atoms with Crippen molar-refractivity contribution in [1.82, 2.24) is 9.97 Å². The Hall–Kier alpha value is -2.50. The van der Waals surface area contributed by atoms with Crippen LogP contribution in [0.2, 0.25) is 0 Å². The summed E-state index contributed by atoms with van der Waals surface area (Å²) < 4.78 is 9.61. The molecular formula is C15H14N2O4. The number of benzene rings is 1. The zero-order valence-corrected chi connectivity index (χ0v) is 11.7. The second kappa shape index (κ2) is 5.12. The number of carbonyl (C=O) groups is 2. The molecule has 0 radical (unpaired) electrons. The molecule has 6 nitrogen and oxygen atoms in total. The number of aromatic nitrogens is 2. The highest BCUT2D eigenvalue weighted by Gasteiger charge is 2.43. The first-order chi connectivity index (χ1) is 10.2. The molecule has 0 saturated carbocycles. The van der Waals surface area contributed by atoms with E-state index in [0.29, 0.717) is 22.4 Å². The quantitative estimate of drug-likeness (QED) is 0.779. The Morgan fingerprint density at radius 3 is 1.76 bits per heavy atom. The maximum atomic E-state index is 11.9. The van der Waals surface area contributed by atoms with Gasteiger partial charge in [-0.3, -0.25) is 9.59 Å². The van der Waals surface area contributed by atoms with Gasteiger partial charge in [-0.05, 0) is 18.6 Å². The van der Waals surface area contributed by atoms with Crippen LogP contribution in [0.4, 0.5) is 0 Å². The molecule has 1 aromatic carbocycles. The third kappa shape index (κ3) is 2.12. The number of methoxy groups -OCH3 is 2. The molecule has 108 valence electrons. The smallest absolute Gasteiger partial charge is 0.314 e. The van der Waals surface area contributed by atoms with Gasteiger partial charge in [0.25, 0.3) is 0 Å². The lowest BCUT2D eigenvalue weighted by molar-refractivity contribution is -0.144. The van der Waals surface area contributed by atoms with Crippen molar-refractivity contribution in [1.29, 1.82) is 0 Å². The molecule has 6 heteroatoms. The number of esters is 2. The van der Waals surface area contributed by atoms with Crippen LogP contribution in [0.5, 0.6) is 0 Å². The predicted octanol–water partition coefficient (Wildman–Crippen LogP) is 1.55. The number of fused-ring (bicyclic) bond motifs is 2. The SMILES string of the molecule is COC(=O)[C@@H]1C[C@@H](C(=O)OC)c2nc3ccccc3nc21. The number of para-hydroxylation sites is 2. The summed E-state index contributed by atoms with van der Waals surface area (Å²) in [6.45, 7) is 0. The van der Waals surface area contributed by atoms with Crippen LogP contribution in [-0.4, -0.2) is 36.1 Å². The predicted molar refractivity (Wildman–Crippen MR) is 73.7 cm³/mol. The highest BCUT2D eigenvalue weighted by atomic mass is 16.5. The molecule has 1 aliphatic rings. The van der Waals surface area contributed by atoms with Crippen molar-refractivity contribution in [2.24, 2.45) is 0 Å². The molecule has 0 spiro atoms. The van der Waals surface area contributed by atoms with Crippen LogP contribution in [0.3, 0.4) is 0 Å².